The second kappa shape index (κ2) is 12.5. The number of carbonyl (C=O) groups excluding carboxylic acids is 3. The molecule has 0 saturated carbocycles. The molecule has 0 aliphatic heterocycles. The van der Waals surface area contributed by atoms with Crippen molar-refractivity contribution in [3.63, 3.8) is 0 Å². The van der Waals surface area contributed by atoms with E-state index in [0.29, 0.717) is 20.5 Å². The summed E-state index contributed by atoms with van der Waals surface area (Å²) in [7, 11) is 0. The Labute approximate surface area is 246 Å². The van der Waals surface area contributed by atoms with Crippen LogP contribution in [0.4, 0.5) is 13.2 Å². The van der Waals surface area contributed by atoms with E-state index in [1.807, 2.05) is 0 Å². The quantitative estimate of drug-likeness (QED) is 0.331. The zero-order chi connectivity index (χ0) is 30.7. The number of benzene rings is 2. The number of nitrogens with two attached hydrogens (primary N) is 1. The normalized spacial score (nSPS) is 12.9. The minimum atomic E-state index is -4.73. The van der Waals surface area contributed by atoms with Gasteiger partial charge >= 0.3 is 11.9 Å². The summed E-state index contributed by atoms with van der Waals surface area (Å²) in [6.07, 6.45) is -4.92. The van der Waals surface area contributed by atoms with E-state index >= 15 is 0 Å². The Balaban J connectivity index is 2.00. The molecule has 0 bridgehead atoms. The van der Waals surface area contributed by atoms with Gasteiger partial charge in [-0.3, -0.25) is 14.4 Å². The van der Waals surface area contributed by atoms with Gasteiger partial charge in [0.15, 0.2) is 11.6 Å². The first-order chi connectivity index (χ1) is 19.0. The van der Waals surface area contributed by atoms with Gasteiger partial charge in [0.05, 0.1) is 16.0 Å². The molecule has 9 nitrogen and oxygen atoms in total. The lowest BCUT2D eigenvalue weighted by atomic mass is 9.91. The molecule has 0 saturated heterocycles. The fourth-order valence-electron chi connectivity index (χ4n) is 3.66. The van der Waals surface area contributed by atoms with Gasteiger partial charge < -0.3 is 11.1 Å². The molecule has 41 heavy (non-hydrogen) atoms. The molecular formula is C26H23Cl3F3N5O4. The van der Waals surface area contributed by atoms with E-state index in [-0.39, 0.29) is 33.1 Å². The number of rotatable bonds is 10. The first-order valence-corrected chi connectivity index (χ1v) is 12.9. The highest BCUT2D eigenvalue weighted by Gasteiger charge is 2.33. The summed E-state index contributed by atoms with van der Waals surface area (Å²) in [4.78, 5) is 51.3. The summed E-state index contributed by atoms with van der Waals surface area (Å²) >= 11 is 18.3. The van der Waals surface area contributed by atoms with Crippen LogP contribution >= 0.6 is 34.8 Å². The molecule has 1 unspecified atom stereocenters. The Bertz CT molecular complexity index is 1560. The number of nitrogens with zero attached hydrogens (tertiary/aromatic N) is 3. The molecule has 15 heteroatoms. The number of aromatic nitrogens is 3. The average Bonchev–Trinajstić information content (AvgIpc) is 3.17. The highest BCUT2D eigenvalue weighted by molar-refractivity contribution is 6.42. The van der Waals surface area contributed by atoms with E-state index in [9.17, 15) is 32.3 Å². The van der Waals surface area contributed by atoms with Crippen LogP contribution < -0.4 is 16.7 Å². The SMILES string of the molecule is CC(C)(NC(=O)C(CC(=O)Cn1nc(-c2ccc(Cl)cc2)n(/C=C/C(F)(F)F)c1=O)c1cccc(Cl)c1Cl)C(N)=O. The average molecular weight is 633 g/mol. The minimum Gasteiger partial charge on any atom is -0.368 e. The van der Waals surface area contributed by atoms with Crippen molar-refractivity contribution in [2.45, 2.75) is 44.4 Å². The molecule has 3 aromatic rings. The lowest BCUT2D eigenvalue weighted by molar-refractivity contribution is -0.132. The molecular weight excluding hydrogens is 610 g/mol. The highest BCUT2D eigenvalue weighted by Crippen LogP contribution is 2.33. The molecule has 1 atom stereocenters. The number of Topliss-reactive ketones (excluding diaryl/α,β-unsaturated/α-hetero) is 1. The van der Waals surface area contributed by atoms with Crippen molar-refractivity contribution in [3.05, 3.63) is 79.7 Å². The van der Waals surface area contributed by atoms with Crippen LogP contribution in [0.3, 0.4) is 0 Å². The summed E-state index contributed by atoms with van der Waals surface area (Å²) in [5.74, 6) is -3.78. The van der Waals surface area contributed by atoms with Crippen molar-refractivity contribution in [2.24, 2.45) is 5.73 Å². The smallest absolute Gasteiger partial charge is 0.368 e. The van der Waals surface area contributed by atoms with E-state index in [4.69, 9.17) is 40.5 Å². The van der Waals surface area contributed by atoms with E-state index < -0.39 is 53.9 Å². The molecule has 218 valence electrons. The summed E-state index contributed by atoms with van der Waals surface area (Å²) in [5, 5.41) is 6.96. The zero-order valence-electron chi connectivity index (χ0n) is 21.5. The Morgan fingerprint density at radius 1 is 1.07 bits per heavy atom. The third-order valence-corrected chi connectivity index (χ3v) is 6.95. The van der Waals surface area contributed by atoms with Gasteiger partial charge in [-0.15, -0.1) is 5.10 Å². The number of amides is 2. The lowest BCUT2D eigenvalue weighted by Crippen LogP contribution is -2.54. The van der Waals surface area contributed by atoms with Crippen LogP contribution in [0.5, 0.6) is 0 Å². The van der Waals surface area contributed by atoms with Gasteiger partial charge in [-0.25, -0.2) is 14.0 Å². The van der Waals surface area contributed by atoms with Gasteiger partial charge in [0.1, 0.15) is 12.1 Å². The third kappa shape index (κ3) is 7.99. The number of ketones is 1. The summed E-state index contributed by atoms with van der Waals surface area (Å²) in [6, 6.07) is 10.2. The molecule has 3 N–H and O–H groups in total. The molecule has 0 spiro atoms. The maximum atomic E-state index is 13.2. The van der Waals surface area contributed by atoms with Crippen LogP contribution in [-0.2, 0) is 20.9 Å². The van der Waals surface area contributed by atoms with Crippen molar-refractivity contribution in [2.75, 3.05) is 0 Å². The molecule has 3 rings (SSSR count). The first-order valence-electron chi connectivity index (χ1n) is 11.8. The first kappa shape index (κ1) is 31.9. The van der Waals surface area contributed by atoms with Crippen LogP contribution in [0, 0.1) is 0 Å². The molecule has 0 radical (unpaired) electrons. The topological polar surface area (TPSA) is 129 Å². The van der Waals surface area contributed by atoms with Crippen molar-refractivity contribution in [1.82, 2.24) is 19.7 Å². The third-order valence-electron chi connectivity index (χ3n) is 5.87. The van der Waals surface area contributed by atoms with Crippen molar-refractivity contribution >= 4 is 58.6 Å². The molecule has 2 amide bonds. The van der Waals surface area contributed by atoms with E-state index in [2.05, 4.69) is 10.4 Å². The number of hydrogen-bond donors (Lipinski definition) is 2. The van der Waals surface area contributed by atoms with Crippen molar-refractivity contribution < 1.29 is 27.6 Å². The van der Waals surface area contributed by atoms with Crippen LogP contribution in [-0.4, -0.2) is 43.7 Å². The predicted molar refractivity (Wildman–Crippen MR) is 149 cm³/mol. The molecule has 0 aliphatic rings. The zero-order valence-corrected chi connectivity index (χ0v) is 23.8. The Morgan fingerprint density at radius 3 is 2.29 bits per heavy atom. The minimum absolute atomic E-state index is 0.0113. The van der Waals surface area contributed by atoms with Gasteiger partial charge in [-0.05, 0) is 49.7 Å². The maximum Gasteiger partial charge on any atom is 0.411 e. The van der Waals surface area contributed by atoms with Gasteiger partial charge in [0.2, 0.25) is 11.8 Å². The number of allylic oxidation sites excluding steroid dienone is 1. The lowest BCUT2D eigenvalue weighted by Gasteiger charge is -2.26. The summed E-state index contributed by atoms with van der Waals surface area (Å²) in [5.41, 5.74) is 3.24. The number of nitrogens with one attached hydrogen (secondary N) is 1. The highest BCUT2D eigenvalue weighted by atomic mass is 35.5. The van der Waals surface area contributed by atoms with Gasteiger partial charge in [-0.1, -0.05) is 46.9 Å². The number of carbonyl (C=O) groups is 3. The van der Waals surface area contributed by atoms with Crippen molar-refractivity contribution in [3.8, 4) is 11.4 Å². The molecule has 0 fully saturated rings. The number of primary amides is 1. The molecule has 0 aliphatic carbocycles. The summed E-state index contributed by atoms with van der Waals surface area (Å²) in [6.45, 7) is 2.03. The molecule has 1 heterocycles. The van der Waals surface area contributed by atoms with E-state index in [1.54, 1.807) is 0 Å². The monoisotopic (exact) mass is 631 g/mol. The number of hydrogen-bond acceptors (Lipinski definition) is 5. The van der Waals surface area contributed by atoms with Crippen LogP contribution in [0.2, 0.25) is 15.1 Å². The van der Waals surface area contributed by atoms with E-state index in [0.717, 1.165) is 0 Å². The van der Waals surface area contributed by atoms with Gasteiger partial charge in [0, 0.05) is 29.3 Å². The Kier molecular flexibility index (Phi) is 9.73. The Morgan fingerprint density at radius 2 is 1.71 bits per heavy atom. The van der Waals surface area contributed by atoms with Crippen molar-refractivity contribution in [1.29, 1.82) is 0 Å². The standard InChI is InChI=1S/C26H23Cl3F3N5O4/c1-25(2,23(33)40)34-22(39)18(17-4-3-5-19(28)20(17)29)12-16(38)13-37-24(41)36(11-10-26(30,31)32)21(35-37)14-6-8-15(27)9-7-14/h3-11,18H,12-13H2,1-2H3,(H2,33,40)(H,34,39)/b11-10+. The largest absolute Gasteiger partial charge is 0.411 e. The maximum absolute atomic E-state index is 13.2. The van der Waals surface area contributed by atoms with Gasteiger partial charge in [-0.2, -0.15) is 13.2 Å². The second-order valence-electron chi connectivity index (χ2n) is 9.42. The summed E-state index contributed by atoms with van der Waals surface area (Å²) < 4.78 is 40.0. The molecule has 2 aromatic carbocycles. The van der Waals surface area contributed by atoms with Crippen LogP contribution in [0.1, 0.15) is 31.7 Å². The second-order valence-corrected chi connectivity index (χ2v) is 10.6. The predicted octanol–water partition coefficient (Wildman–Crippen LogP) is 4.83. The van der Waals surface area contributed by atoms with Gasteiger partial charge in [0.25, 0.3) is 0 Å². The Hall–Kier alpha value is -3.61. The fourth-order valence-corrected chi connectivity index (χ4v) is 4.23. The number of alkyl halides is 3. The fraction of sp³-hybridized carbons (Fsp3) is 0.269. The van der Waals surface area contributed by atoms with Crippen LogP contribution in [0.25, 0.3) is 17.6 Å². The molecule has 1 aromatic heterocycles. The van der Waals surface area contributed by atoms with Crippen LogP contribution in [0.15, 0.2) is 53.3 Å². The number of halogens is 6. The van der Waals surface area contributed by atoms with E-state index in [1.165, 1.54) is 56.3 Å².